The van der Waals surface area contributed by atoms with Gasteiger partial charge < -0.3 is 15.1 Å². The number of hydrogen-bond acceptors (Lipinski definition) is 6. The molecule has 1 aliphatic rings. The fraction of sp³-hybridized carbons (Fsp3) is 0.333. The van der Waals surface area contributed by atoms with Crippen LogP contribution in [0, 0.1) is 11.3 Å². The Bertz CT molecular complexity index is 799. The van der Waals surface area contributed by atoms with Crippen molar-refractivity contribution in [2.75, 3.05) is 42.9 Å². The first-order chi connectivity index (χ1) is 12.7. The molecule has 7 nitrogen and oxygen atoms in total. The van der Waals surface area contributed by atoms with Crippen molar-refractivity contribution in [2.45, 2.75) is 6.42 Å². The summed E-state index contributed by atoms with van der Waals surface area (Å²) in [6, 6.07) is 9.03. The van der Waals surface area contributed by atoms with Crippen molar-refractivity contribution in [3.8, 4) is 6.07 Å². The monoisotopic (exact) mass is 370 g/mol. The van der Waals surface area contributed by atoms with Gasteiger partial charge in [0.25, 0.3) is 0 Å². The van der Waals surface area contributed by atoms with E-state index in [0.29, 0.717) is 61.4 Å². The summed E-state index contributed by atoms with van der Waals surface area (Å²) in [5, 5.41) is 12.7. The highest BCUT2D eigenvalue weighted by Gasteiger charge is 2.22. The van der Waals surface area contributed by atoms with Crippen molar-refractivity contribution < 1.29 is 4.79 Å². The average molecular weight is 371 g/mol. The van der Waals surface area contributed by atoms with Crippen LogP contribution in [0.5, 0.6) is 0 Å². The van der Waals surface area contributed by atoms with E-state index in [-0.39, 0.29) is 5.91 Å². The summed E-state index contributed by atoms with van der Waals surface area (Å²) in [6.45, 7) is 3.15. The molecule has 0 spiro atoms. The Morgan fingerprint density at radius 1 is 1.19 bits per heavy atom. The van der Waals surface area contributed by atoms with E-state index in [2.05, 4.69) is 26.3 Å². The number of hydrogen-bond donors (Lipinski definition) is 1. The number of nitrogens with one attached hydrogen (secondary N) is 1. The van der Waals surface area contributed by atoms with Gasteiger partial charge in [-0.1, -0.05) is 17.7 Å². The number of rotatable bonds is 5. The Hall–Kier alpha value is -2.85. The lowest BCUT2D eigenvalue weighted by Gasteiger charge is -2.34. The van der Waals surface area contributed by atoms with E-state index in [4.69, 9.17) is 16.9 Å². The molecule has 3 rings (SSSR count). The van der Waals surface area contributed by atoms with Gasteiger partial charge in [0.1, 0.15) is 6.07 Å². The second-order valence-corrected chi connectivity index (χ2v) is 6.27. The van der Waals surface area contributed by atoms with E-state index in [1.54, 1.807) is 36.7 Å². The van der Waals surface area contributed by atoms with E-state index < -0.39 is 0 Å². The van der Waals surface area contributed by atoms with Crippen LogP contribution < -0.4 is 10.2 Å². The molecule has 0 radical (unpaired) electrons. The molecule has 1 aliphatic heterocycles. The van der Waals surface area contributed by atoms with E-state index >= 15 is 0 Å². The van der Waals surface area contributed by atoms with Crippen molar-refractivity contribution in [3.05, 3.63) is 47.2 Å². The predicted octanol–water partition coefficient (Wildman–Crippen LogP) is 2.15. The maximum atomic E-state index is 12.4. The Morgan fingerprint density at radius 2 is 1.92 bits per heavy atom. The first-order valence-corrected chi connectivity index (χ1v) is 8.79. The fourth-order valence-corrected chi connectivity index (χ4v) is 3.10. The number of nitriles is 1. The Kier molecular flexibility index (Phi) is 5.87. The molecule has 0 bridgehead atoms. The largest absolute Gasteiger partial charge is 0.382 e. The van der Waals surface area contributed by atoms with Crippen LogP contribution in [-0.4, -0.2) is 53.5 Å². The predicted molar refractivity (Wildman–Crippen MR) is 100 cm³/mol. The van der Waals surface area contributed by atoms with Crippen molar-refractivity contribution in [1.82, 2.24) is 14.9 Å². The minimum absolute atomic E-state index is 0.0803. The van der Waals surface area contributed by atoms with Crippen molar-refractivity contribution in [1.29, 1.82) is 5.26 Å². The maximum Gasteiger partial charge on any atom is 0.225 e. The zero-order valence-corrected chi connectivity index (χ0v) is 15.0. The first kappa shape index (κ1) is 18.0. The SMILES string of the molecule is N#Cc1cccc(Cl)c1NCCC(=O)N1CCN(c2ncccn2)CC1. The lowest BCUT2D eigenvalue weighted by Crippen LogP contribution is -2.49. The van der Waals surface area contributed by atoms with Crippen molar-refractivity contribution in [3.63, 3.8) is 0 Å². The Balaban J connectivity index is 1.48. The molecular formula is C18H19ClN6O. The summed E-state index contributed by atoms with van der Waals surface area (Å²) in [5.74, 6) is 0.778. The normalized spacial score (nSPS) is 14.0. The number of aromatic nitrogens is 2. The van der Waals surface area contributed by atoms with Gasteiger partial charge in [-0.15, -0.1) is 0 Å². The molecule has 0 unspecified atom stereocenters. The lowest BCUT2D eigenvalue weighted by molar-refractivity contribution is -0.131. The fourth-order valence-electron chi connectivity index (χ4n) is 2.86. The maximum absolute atomic E-state index is 12.4. The van der Waals surface area contributed by atoms with Gasteiger partial charge in [-0.3, -0.25) is 4.79 Å². The first-order valence-electron chi connectivity index (χ1n) is 8.41. The van der Waals surface area contributed by atoms with E-state index in [1.807, 2.05) is 4.90 Å². The van der Waals surface area contributed by atoms with Gasteiger partial charge in [-0.05, 0) is 18.2 Å². The zero-order valence-electron chi connectivity index (χ0n) is 14.2. The number of halogens is 1. The van der Waals surface area contributed by atoms with Crippen LogP contribution in [0.2, 0.25) is 5.02 Å². The molecule has 134 valence electrons. The molecule has 2 heterocycles. The number of carbonyl (C=O) groups excluding carboxylic acids is 1. The van der Waals surface area contributed by atoms with E-state index in [9.17, 15) is 4.79 Å². The number of amides is 1. The third-order valence-electron chi connectivity index (χ3n) is 4.24. The van der Waals surface area contributed by atoms with E-state index in [1.165, 1.54) is 0 Å². The smallest absolute Gasteiger partial charge is 0.225 e. The highest BCUT2D eigenvalue weighted by molar-refractivity contribution is 6.33. The van der Waals surface area contributed by atoms with Crippen LogP contribution in [0.15, 0.2) is 36.7 Å². The summed E-state index contributed by atoms with van der Waals surface area (Å²) in [7, 11) is 0. The summed E-state index contributed by atoms with van der Waals surface area (Å²) >= 11 is 6.12. The quantitative estimate of drug-likeness (QED) is 0.868. The second-order valence-electron chi connectivity index (χ2n) is 5.87. The van der Waals surface area contributed by atoms with Crippen LogP contribution in [0.3, 0.4) is 0 Å². The molecule has 1 N–H and O–H groups in total. The number of carbonyl (C=O) groups is 1. The van der Waals surface area contributed by atoms with Gasteiger partial charge in [0.05, 0.1) is 16.3 Å². The molecule has 0 saturated carbocycles. The molecule has 1 fully saturated rings. The molecule has 1 aromatic heterocycles. The molecule has 1 saturated heterocycles. The number of nitrogens with zero attached hydrogens (tertiary/aromatic N) is 5. The number of anilines is 2. The van der Waals surface area contributed by atoms with Gasteiger partial charge in [0.15, 0.2) is 0 Å². The van der Waals surface area contributed by atoms with Gasteiger partial charge in [0.2, 0.25) is 11.9 Å². The highest BCUT2D eigenvalue weighted by Crippen LogP contribution is 2.25. The molecule has 8 heteroatoms. The van der Waals surface area contributed by atoms with Gasteiger partial charge in [-0.2, -0.15) is 5.26 Å². The van der Waals surface area contributed by atoms with Gasteiger partial charge >= 0.3 is 0 Å². The molecule has 0 atom stereocenters. The molecule has 1 aromatic carbocycles. The molecule has 26 heavy (non-hydrogen) atoms. The summed E-state index contributed by atoms with van der Waals surface area (Å²) < 4.78 is 0. The minimum Gasteiger partial charge on any atom is -0.382 e. The second kappa shape index (κ2) is 8.50. The summed E-state index contributed by atoms with van der Waals surface area (Å²) in [4.78, 5) is 24.8. The molecule has 0 aliphatic carbocycles. The average Bonchev–Trinajstić information content (AvgIpc) is 2.69. The number of piperazine rings is 1. The number of para-hydroxylation sites is 1. The Morgan fingerprint density at radius 3 is 2.62 bits per heavy atom. The van der Waals surface area contributed by atoms with E-state index in [0.717, 1.165) is 0 Å². The van der Waals surface area contributed by atoms with Crippen LogP contribution in [-0.2, 0) is 4.79 Å². The standard InChI is InChI=1S/C18H19ClN6O/c19-15-4-1-3-14(13-20)17(15)21-8-5-16(26)24-9-11-25(12-10-24)18-22-6-2-7-23-18/h1-4,6-7,21H,5,8-12H2. The van der Waals surface area contributed by atoms with Crippen molar-refractivity contribution >= 4 is 29.1 Å². The minimum atomic E-state index is 0.0803. The topological polar surface area (TPSA) is 85.2 Å². The Labute approximate surface area is 157 Å². The summed E-state index contributed by atoms with van der Waals surface area (Å²) in [5.41, 5.74) is 1.05. The van der Waals surface area contributed by atoms with Crippen LogP contribution in [0.4, 0.5) is 11.6 Å². The zero-order chi connectivity index (χ0) is 18.4. The highest BCUT2D eigenvalue weighted by atomic mass is 35.5. The van der Waals surface area contributed by atoms with Crippen LogP contribution in [0.25, 0.3) is 0 Å². The van der Waals surface area contributed by atoms with Gasteiger partial charge in [-0.25, -0.2) is 9.97 Å². The summed E-state index contributed by atoms with van der Waals surface area (Å²) in [6.07, 6.45) is 3.78. The number of benzene rings is 1. The van der Waals surface area contributed by atoms with Crippen molar-refractivity contribution in [2.24, 2.45) is 0 Å². The lowest BCUT2D eigenvalue weighted by atomic mass is 10.2. The van der Waals surface area contributed by atoms with Crippen LogP contribution >= 0.6 is 11.6 Å². The van der Waals surface area contributed by atoms with Gasteiger partial charge in [0, 0.05) is 51.5 Å². The molecular weight excluding hydrogens is 352 g/mol. The third-order valence-corrected chi connectivity index (χ3v) is 4.56. The molecule has 2 aromatic rings. The third kappa shape index (κ3) is 4.21. The van der Waals surface area contributed by atoms with Crippen LogP contribution in [0.1, 0.15) is 12.0 Å². The molecule has 1 amide bonds.